The summed E-state index contributed by atoms with van der Waals surface area (Å²) in [7, 11) is 3.08. The van der Waals surface area contributed by atoms with E-state index in [0.29, 0.717) is 33.9 Å². The van der Waals surface area contributed by atoms with E-state index in [9.17, 15) is 14.4 Å². The molecule has 9 nitrogen and oxygen atoms in total. The molecule has 0 aliphatic carbocycles. The van der Waals surface area contributed by atoms with Crippen molar-refractivity contribution in [2.45, 2.75) is 0 Å². The number of para-hydroxylation sites is 1. The third-order valence-corrected chi connectivity index (χ3v) is 6.14. The summed E-state index contributed by atoms with van der Waals surface area (Å²) in [5.74, 6) is -0.0132. The lowest BCUT2D eigenvalue weighted by atomic mass is 10.1. The maximum absolute atomic E-state index is 12.9. The SMILES string of the molecule is COc1ccc(C(=O)Nc2ccccc2C(=O)N/N=C\c2cc(Br)ccc2OC(=O)c2ccc(OC)cc2)cc1. The summed E-state index contributed by atoms with van der Waals surface area (Å²) in [5.41, 5.74) is 4.16. The Morgan fingerprint density at radius 3 is 2.05 bits per heavy atom. The van der Waals surface area contributed by atoms with Crippen LogP contribution in [0.5, 0.6) is 17.2 Å². The smallest absolute Gasteiger partial charge is 0.343 e. The van der Waals surface area contributed by atoms with Crippen molar-refractivity contribution >= 4 is 45.6 Å². The number of anilines is 1. The predicted octanol–water partition coefficient (Wildman–Crippen LogP) is 5.70. The van der Waals surface area contributed by atoms with Crippen LogP contribution in [0.4, 0.5) is 5.69 Å². The van der Waals surface area contributed by atoms with Crippen LogP contribution in [-0.4, -0.2) is 38.2 Å². The Hall–Kier alpha value is -4.96. The average molecular weight is 602 g/mol. The van der Waals surface area contributed by atoms with Crippen LogP contribution in [0.1, 0.15) is 36.6 Å². The van der Waals surface area contributed by atoms with Gasteiger partial charge in [0.05, 0.1) is 37.2 Å². The molecule has 0 bridgehead atoms. The second-order valence-corrected chi connectivity index (χ2v) is 9.14. The van der Waals surface area contributed by atoms with Crippen LogP contribution in [0.2, 0.25) is 0 Å². The molecule has 202 valence electrons. The van der Waals surface area contributed by atoms with Gasteiger partial charge in [-0.15, -0.1) is 0 Å². The Morgan fingerprint density at radius 2 is 1.40 bits per heavy atom. The molecule has 0 saturated heterocycles. The van der Waals surface area contributed by atoms with Gasteiger partial charge in [0.25, 0.3) is 11.8 Å². The molecule has 0 aromatic heterocycles. The van der Waals surface area contributed by atoms with Gasteiger partial charge in [0, 0.05) is 15.6 Å². The molecule has 0 aliphatic rings. The van der Waals surface area contributed by atoms with Crippen LogP contribution in [0.15, 0.2) is 101 Å². The highest BCUT2D eigenvalue weighted by atomic mass is 79.9. The Kier molecular flexibility index (Phi) is 9.27. The fraction of sp³-hybridized carbons (Fsp3) is 0.0667. The monoisotopic (exact) mass is 601 g/mol. The number of amides is 2. The lowest BCUT2D eigenvalue weighted by Gasteiger charge is -2.11. The molecule has 10 heteroatoms. The second-order valence-electron chi connectivity index (χ2n) is 8.23. The summed E-state index contributed by atoms with van der Waals surface area (Å²) in [6.45, 7) is 0. The Bertz CT molecular complexity index is 1550. The third kappa shape index (κ3) is 7.12. The quantitative estimate of drug-likeness (QED) is 0.110. The molecular formula is C30H24BrN3O6. The molecule has 0 aliphatic heterocycles. The van der Waals surface area contributed by atoms with E-state index in [-0.39, 0.29) is 17.2 Å². The molecule has 0 fully saturated rings. The molecule has 2 N–H and O–H groups in total. The van der Waals surface area contributed by atoms with E-state index in [0.717, 1.165) is 4.47 Å². The van der Waals surface area contributed by atoms with Crippen LogP contribution in [0.3, 0.4) is 0 Å². The van der Waals surface area contributed by atoms with Crippen molar-refractivity contribution in [1.82, 2.24) is 5.43 Å². The first-order valence-electron chi connectivity index (χ1n) is 11.9. The predicted molar refractivity (Wildman–Crippen MR) is 155 cm³/mol. The first-order valence-corrected chi connectivity index (χ1v) is 12.7. The molecule has 2 amide bonds. The summed E-state index contributed by atoms with van der Waals surface area (Å²) in [5, 5.41) is 6.79. The molecule has 0 heterocycles. The lowest BCUT2D eigenvalue weighted by molar-refractivity contribution is 0.0733. The van der Waals surface area contributed by atoms with E-state index in [2.05, 4.69) is 31.8 Å². The highest BCUT2D eigenvalue weighted by molar-refractivity contribution is 9.10. The van der Waals surface area contributed by atoms with E-state index in [1.165, 1.54) is 13.3 Å². The van der Waals surface area contributed by atoms with Gasteiger partial charge in [0.1, 0.15) is 17.2 Å². The summed E-state index contributed by atoms with van der Waals surface area (Å²) in [4.78, 5) is 38.3. The van der Waals surface area contributed by atoms with Crippen LogP contribution in [0, 0.1) is 0 Å². The molecule has 4 aromatic carbocycles. The number of nitrogens with one attached hydrogen (secondary N) is 2. The van der Waals surface area contributed by atoms with Gasteiger partial charge in [-0.2, -0.15) is 5.10 Å². The van der Waals surface area contributed by atoms with Gasteiger partial charge in [-0.1, -0.05) is 28.1 Å². The Balaban J connectivity index is 1.45. The number of carbonyl (C=O) groups is 3. The maximum Gasteiger partial charge on any atom is 0.343 e. The van der Waals surface area contributed by atoms with Gasteiger partial charge in [-0.05, 0) is 78.9 Å². The van der Waals surface area contributed by atoms with Crippen LogP contribution in [-0.2, 0) is 0 Å². The fourth-order valence-electron chi connectivity index (χ4n) is 3.55. The summed E-state index contributed by atoms with van der Waals surface area (Å²) >= 11 is 3.39. The van der Waals surface area contributed by atoms with Crippen molar-refractivity contribution in [3.05, 3.63) is 118 Å². The highest BCUT2D eigenvalue weighted by Gasteiger charge is 2.15. The normalized spacial score (nSPS) is 10.6. The number of nitrogens with zero attached hydrogens (tertiary/aromatic N) is 1. The topological polar surface area (TPSA) is 115 Å². The molecule has 0 unspecified atom stereocenters. The van der Waals surface area contributed by atoms with Gasteiger partial charge in [0.2, 0.25) is 0 Å². The number of benzene rings is 4. The highest BCUT2D eigenvalue weighted by Crippen LogP contribution is 2.24. The van der Waals surface area contributed by atoms with Crippen LogP contribution in [0.25, 0.3) is 0 Å². The zero-order valence-electron chi connectivity index (χ0n) is 21.5. The Labute approximate surface area is 238 Å². The van der Waals surface area contributed by atoms with Gasteiger partial charge < -0.3 is 19.5 Å². The summed E-state index contributed by atoms with van der Waals surface area (Å²) < 4.78 is 16.5. The summed E-state index contributed by atoms with van der Waals surface area (Å²) in [6, 6.07) is 24.7. The van der Waals surface area contributed by atoms with Gasteiger partial charge >= 0.3 is 5.97 Å². The van der Waals surface area contributed by atoms with Crippen molar-refractivity contribution in [2.24, 2.45) is 5.10 Å². The van der Waals surface area contributed by atoms with Gasteiger partial charge in [-0.25, -0.2) is 10.2 Å². The number of rotatable bonds is 9. The van der Waals surface area contributed by atoms with Gasteiger partial charge in [0.15, 0.2) is 0 Å². The number of methoxy groups -OCH3 is 2. The van der Waals surface area contributed by atoms with Crippen molar-refractivity contribution in [1.29, 1.82) is 0 Å². The number of carbonyl (C=O) groups excluding carboxylic acids is 3. The van der Waals surface area contributed by atoms with E-state index < -0.39 is 11.9 Å². The number of hydrogen-bond donors (Lipinski definition) is 2. The average Bonchev–Trinajstić information content (AvgIpc) is 2.98. The van der Waals surface area contributed by atoms with Crippen molar-refractivity contribution in [2.75, 3.05) is 19.5 Å². The van der Waals surface area contributed by atoms with Crippen molar-refractivity contribution < 1.29 is 28.6 Å². The number of hydrazone groups is 1. The zero-order valence-corrected chi connectivity index (χ0v) is 23.1. The lowest BCUT2D eigenvalue weighted by Crippen LogP contribution is -2.21. The molecule has 0 radical (unpaired) electrons. The third-order valence-electron chi connectivity index (χ3n) is 5.64. The molecule has 4 rings (SSSR count). The minimum Gasteiger partial charge on any atom is -0.497 e. The van der Waals surface area contributed by atoms with E-state index in [1.54, 1.807) is 98.1 Å². The van der Waals surface area contributed by atoms with Crippen LogP contribution >= 0.6 is 15.9 Å². The maximum atomic E-state index is 12.9. The standard InChI is InChI=1S/C30H24BrN3O6/c1-38-23-12-7-19(8-13-23)28(35)33-26-6-4-3-5-25(26)29(36)34-32-18-21-17-22(31)11-16-27(21)40-30(37)20-9-14-24(39-2)15-10-20/h3-18H,1-2H3,(H,33,35)(H,34,36)/b32-18-. The van der Waals surface area contributed by atoms with E-state index >= 15 is 0 Å². The minimum atomic E-state index is -0.565. The van der Waals surface area contributed by atoms with Crippen molar-refractivity contribution in [3.8, 4) is 17.2 Å². The minimum absolute atomic E-state index is 0.210. The number of halogens is 1. The number of hydrogen-bond acceptors (Lipinski definition) is 7. The molecular weight excluding hydrogens is 578 g/mol. The Morgan fingerprint density at radius 1 is 0.775 bits per heavy atom. The first-order chi connectivity index (χ1) is 19.4. The molecule has 0 saturated carbocycles. The first kappa shape index (κ1) is 28.1. The fourth-order valence-corrected chi connectivity index (χ4v) is 3.93. The second kappa shape index (κ2) is 13.2. The van der Waals surface area contributed by atoms with E-state index in [1.807, 2.05) is 0 Å². The van der Waals surface area contributed by atoms with Crippen LogP contribution < -0.4 is 25.0 Å². The van der Waals surface area contributed by atoms with Gasteiger partial charge in [-0.3, -0.25) is 9.59 Å². The summed E-state index contributed by atoms with van der Waals surface area (Å²) in [6.07, 6.45) is 1.36. The molecule has 4 aromatic rings. The van der Waals surface area contributed by atoms with E-state index in [4.69, 9.17) is 14.2 Å². The molecule has 0 spiro atoms. The molecule has 40 heavy (non-hydrogen) atoms. The number of ether oxygens (including phenoxy) is 3. The number of esters is 1. The molecule has 0 atom stereocenters. The zero-order chi connectivity index (χ0) is 28.5. The largest absolute Gasteiger partial charge is 0.497 e. The van der Waals surface area contributed by atoms with Crippen molar-refractivity contribution in [3.63, 3.8) is 0 Å².